The van der Waals surface area contributed by atoms with Crippen LogP contribution in [0.3, 0.4) is 0 Å². The number of aliphatic carboxylic acids is 1. The molecule has 1 aromatic rings. The number of hydrogen-bond acceptors (Lipinski definition) is 4. The highest BCUT2D eigenvalue weighted by atomic mass is 35.5. The van der Waals surface area contributed by atoms with Crippen molar-refractivity contribution in [3.05, 3.63) is 59.7 Å². The van der Waals surface area contributed by atoms with E-state index in [9.17, 15) is 15.0 Å². The van der Waals surface area contributed by atoms with Crippen LogP contribution in [0.1, 0.15) is 50.2 Å². The first-order valence-corrected chi connectivity index (χ1v) is 11.5. The molecule has 31 heavy (non-hydrogen) atoms. The standard InChI is InChI=1S/C25H35ClO5/c1-2-31-17-19-9-7-8-18(14-19)15-20(27)12-13-22-21(23(26)16-24(22)28)10-5-3-4-6-11-25(29)30/h3,5,7-9,12-14,20-24,27-28H,2,4,6,10-11,15-17H2,1H3,(H,29,30)/t20-,21-,22-,23-,24-/m1/s1. The van der Waals surface area contributed by atoms with Crippen LogP contribution in [0.5, 0.6) is 0 Å². The van der Waals surface area contributed by atoms with Crippen molar-refractivity contribution in [2.45, 2.75) is 69.6 Å². The molecule has 0 saturated heterocycles. The summed E-state index contributed by atoms with van der Waals surface area (Å²) >= 11 is 6.47. The van der Waals surface area contributed by atoms with Crippen LogP contribution in [0.25, 0.3) is 0 Å². The van der Waals surface area contributed by atoms with Gasteiger partial charge in [-0.15, -0.1) is 11.6 Å². The highest BCUT2D eigenvalue weighted by Crippen LogP contribution is 2.39. The van der Waals surface area contributed by atoms with Crippen LogP contribution in [-0.2, 0) is 22.6 Å². The fourth-order valence-electron chi connectivity index (χ4n) is 4.04. The van der Waals surface area contributed by atoms with Gasteiger partial charge < -0.3 is 20.1 Å². The van der Waals surface area contributed by atoms with Crippen molar-refractivity contribution in [1.29, 1.82) is 0 Å². The lowest BCUT2D eigenvalue weighted by Crippen LogP contribution is -2.19. The molecule has 0 aromatic heterocycles. The first kappa shape index (κ1) is 25.6. The van der Waals surface area contributed by atoms with E-state index in [-0.39, 0.29) is 23.6 Å². The summed E-state index contributed by atoms with van der Waals surface area (Å²) in [5, 5.41) is 29.5. The maximum Gasteiger partial charge on any atom is 0.303 e. The first-order chi connectivity index (χ1) is 14.9. The fourth-order valence-corrected chi connectivity index (χ4v) is 4.49. The lowest BCUT2D eigenvalue weighted by molar-refractivity contribution is -0.137. The molecule has 172 valence electrons. The third kappa shape index (κ3) is 9.16. The van der Waals surface area contributed by atoms with E-state index < -0.39 is 18.2 Å². The summed E-state index contributed by atoms with van der Waals surface area (Å²) in [5.41, 5.74) is 2.12. The summed E-state index contributed by atoms with van der Waals surface area (Å²) in [6.45, 7) is 3.19. The molecule has 0 radical (unpaired) electrons. The smallest absolute Gasteiger partial charge is 0.303 e. The largest absolute Gasteiger partial charge is 0.481 e. The second kappa shape index (κ2) is 13.7. The van der Waals surface area contributed by atoms with Crippen molar-refractivity contribution in [2.75, 3.05) is 6.61 Å². The zero-order chi connectivity index (χ0) is 22.6. The minimum atomic E-state index is -0.780. The minimum absolute atomic E-state index is 0.0883. The second-order valence-corrected chi connectivity index (χ2v) is 8.73. The predicted octanol–water partition coefficient (Wildman–Crippen LogP) is 4.49. The van der Waals surface area contributed by atoms with Gasteiger partial charge in [-0.25, -0.2) is 0 Å². The lowest BCUT2D eigenvalue weighted by Gasteiger charge is -2.19. The summed E-state index contributed by atoms with van der Waals surface area (Å²) in [5.74, 6) is -0.798. The molecule has 0 amide bonds. The number of halogens is 1. The predicted molar refractivity (Wildman–Crippen MR) is 123 cm³/mol. The monoisotopic (exact) mass is 450 g/mol. The zero-order valence-corrected chi connectivity index (χ0v) is 19.0. The van der Waals surface area contributed by atoms with Gasteiger partial charge in [-0.1, -0.05) is 48.6 Å². The molecule has 1 aliphatic carbocycles. The topological polar surface area (TPSA) is 87.0 Å². The van der Waals surface area contributed by atoms with Crippen LogP contribution in [0.2, 0.25) is 0 Å². The molecule has 0 heterocycles. The number of aliphatic hydroxyl groups is 2. The number of alkyl halides is 1. The summed E-state index contributed by atoms with van der Waals surface area (Å²) in [7, 11) is 0. The van der Waals surface area contributed by atoms with Crippen LogP contribution < -0.4 is 0 Å². The number of unbranched alkanes of at least 4 members (excludes halogenated alkanes) is 1. The molecule has 0 bridgehead atoms. The van der Waals surface area contributed by atoms with Gasteiger partial charge in [0.05, 0.1) is 18.8 Å². The van der Waals surface area contributed by atoms with Gasteiger partial charge in [-0.2, -0.15) is 0 Å². The molecule has 2 rings (SSSR count). The Kier molecular flexibility index (Phi) is 11.3. The molecule has 5 atom stereocenters. The Morgan fingerprint density at radius 1 is 1.32 bits per heavy atom. The number of carbonyl (C=O) groups is 1. The highest BCUT2D eigenvalue weighted by Gasteiger charge is 2.39. The molecule has 1 aliphatic rings. The van der Waals surface area contributed by atoms with E-state index >= 15 is 0 Å². The third-order valence-electron chi connectivity index (χ3n) is 5.67. The number of benzene rings is 1. The molecular formula is C25H35ClO5. The van der Waals surface area contributed by atoms with E-state index in [2.05, 4.69) is 0 Å². The van der Waals surface area contributed by atoms with Gasteiger partial charge in [0.1, 0.15) is 0 Å². The van der Waals surface area contributed by atoms with E-state index in [4.69, 9.17) is 21.4 Å². The van der Waals surface area contributed by atoms with Crippen molar-refractivity contribution in [2.24, 2.45) is 11.8 Å². The molecular weight excluding hydrogens is 416 g/mol. The molecule has 6 heteroatoms. The Hall–Kier alpha value is -1.66. The number of aliphatic hydroxyl groups excluding tert-OH is 2. The van der Waals surface area contributed by atoms with Crippen LogP contribution in [0.4, 0.5) is 0 Å². The Labute approximate surface area is 190 Å². The van der Waals surface area contributed by atoms with Crippen LogP contribution >= 0.6 is 11.6 Å². The Bertz CT molecular complexity index is 732. The van der Waals surface area contributed by atoms with Gasteiger partial charge in [-0.3, -0.25) is 4.79 Å². The summed E-state index contributed by atoms with van der Waals surface area (Å²) in [6.07, 6.45) is 9.78. The normalized spacial score (nSPS) is 24.9. The maximum atomic E-state index is 10.6. The molecule has 1 fully saturated rings. The van der Waals surface area contributed by atoms with E-state index in [1.165, 1.54) is 0 Å². The second-order valence-electron chi connectivity index (χ2n) is 8.17. The number of hydrogen-bond donors (Lipinski definition) is 3. The third-order valence-corrected chi connectivity index (χ3v) is 6.17. The van der Waals surface area contributed by atoms with E-state index in [0.717, 1.165) is 24.0 Å². The van der Waals surface area contributed by atoms with Gasteiger partial charge in [0.2, 0.25) is 0 Å². The average molecular weight is 451 g/mol. The van der Waals surface area contributed by atoms with E-state index in [0.29, 0.717) is 32.5 Å². The summed E-state index contributed by atoms with van der Waals surface area (Å²) in [4.78, 5) is 10.6. The Balaban J connectivity index is 1.89. The number of allylic oxidation sites excluding steroid dienone is 2. The van der Waals surface area contributed by atoms with Crippen molar-refractivity contribution in [3.8, 4) is 0 Å². The molecule has 1 saturated carbocycles. The maximum absolute atomic E-state index is 10.6. The zero-order valence-electron chi connectivity index (χ0n) is 18.2. The fraction of sp³-hybridized carbons (Fsp3) is 0.560. The molecule has 1 aromatic carbocycles. The number of carboxylic acid groups (broad SMARTS) is 1. The number of ether oxygens (including phenoxy) is 1. The molecule has 3 N–H and O–H groups in total. The van der Waals surface area contributed by atoms with E-state index in [1.54, 1.807) is 6.08 Å². The van der Waals surface area contributed by atoms with Crippen LogP contribution in [0.15, 0.2) is 48.6 Å². The Morgan fingerprint density at radius 2 is 2.10 bits per heavy atom. The summed E-state index contributed by atoms with van der Waals surface area (Å²) in [6, 6.07) is 8.02. The van der Waals surface area contributed by atoms with Gasteiger partial charge in [-0.05, 0) is 49.7 Å². The SMILES string of the molecule is CCOCc1cccc(C[C@H](O)C=C[C@@H]2[C@@H](CC=CCCCC(=O)O)[C@H](Cl)C[C@H]2O)c1. The van der Waals surface area contributed by atoms with Crippen molar-refractivity contribution < 1.29 is 24.9 Å². The highest BCUT2D eigenvalue weighted by molar-refractivity contribution is 6.21. The van der Waals surface area contributed by atoms with Crippen LogP contribution in [0, 0.1) is 11.8 Å². The number of rotatable bonds is 13. The van der Waals surface area contributed by atoms with Crippen molar-refractivity contribution in [3.63, 3.8) is 0 Å². The van der Waals surface area contributed by atoms with Gasteiger partial charge in [0.15, 0.2) is 0 Å². The molecule has 0 aliphatic heterocycles. The van der Waals surface area contributed by atoms with Gasteiger partial charge in [0.25, 0.3) is 0 Å². The van der Waals surface area contributed by atoms with Crippen molar-refractivity contribution >= 4 is 17.6 Å². The van der Waals surface area contributed by atoms with Crippen molar-refractivity contribution in [1.82, 2.24) is 0 Å². The first-order valence-electron chi connectivity index (χ1n) is 11.1. The molecule has 0 spiro atoms. The molecule has 5 nitrogen and oxygen atoms in total. The minimum Gasteiger partial charge on any atom is -0.481 e. The van der Waals surface area contributed by atoms with E-state index in [1.807, 2.05) is 49.4 Å². The average Bonchev–Trinajstić information content (AvgIpc) is 2.99. The lowest BCUT2D eigenvalue weighted by atomic mass is 9.90. The van der Waals surface area contributed by atoms with Gasteiger partial charge in [0, 0.05) is 30.7 Å². The quantitative estimate of drug-likeness (QED) is 0.234. The number of carboxylic acids is 1. The van der Waals surface area contributed by atoms with Crippen LogP contribution in [-0.4, -0.2) is 45.5 Å². The Morgan fingerprint density at radius 3 is 2.84 bits per heavy atom. The molecule has 0 unspecified atom stereocenters. The summed E-state index contributed by atoms with van der Waals surface area (Å²) < 4.78 is 5.44. The van der Waals surface area contributed by atoms with Gasteiger partial charge >= 0.3 is 5.97 Å².